The fourth-order valence-electron chi connectivity index (χ4n) is 2.87. The number of alkyl halides is 6. The van der Waals surface area contributed by atoms with Crippen molar-refractivity contribution in [3.63, 3.8) is 0 Å². The van der Waals surface area contributed by atoms with Crippen molar-refractivity contribution in [3.05, 3.63) is 0 Å². The van der Waals surface area contributed by atoms with Crippen molar-refractivity contribution in [2.75, 3.05) is 0 Å². The smallest absolute Gasteiger partial charge is 0.393 e. The molecule has 124 valence electrons. The number of aliphatic hydroxyl groups is 1. The zero-order valence-corrected chi connectivity index (χ0v) is 11.5. The average Bonchev–Trinajstić information content (AvgIpc) is 2.28. The number of hydrogen-bond acceptors (Lipinski definition) is 2. The highest BCUT2D eigenvalue weighted by Crippen LogP contribution is 2.47. The van der Waals surface area contributed by atoms with E-state index in [1.165, 1.54) is 6.92 Å². The number of carbonyl (C=O) groups is 1. The van der Waals surface area contributed by atoms with Gasteiger partial charge < -0.3 is 5.11 Å². The van der Waals surface area contributed by atoms with E-state index >= 15 is 0 Å². The summed E-state index contributed by atoms with van der Waals surface area (Å²) in [5.41, 5.74) is -1.17. The van der Waals surface area contributed by atoms with Gasteiger partial charge in [0.2, 0.25) is 0 Å². The summed E-state index contributed by atoms with van der Waals surface area (Å²) in [7, 11) is 0. The maximum absolute atomic E-state index is 12.5. The van der Waals surface area contributed by atoms with Crippen molar-refractivity contribution < 1.29 is 36.2 Å². The summed E-state index contributed by atoms with van der Waals surface area (Å²) in [5.74, 6) is -3.81. The summed E-state index contributed by atoms with van der Waals surface area (Å²) in [6, 6.07) is 0. The van der Waals surface area contributed by atoms with Gasteiger partial charge in [0.15, 0.2) is 5.92 Å². The molecule has 0 radical (unpaired) electrons. The number of hydrogen-bond donors (Lipinski definition) is 1. The number of Topliss-reactive ketones (excluding diaryl/α,β-unsaturated/α-hetero) is 1. The molecule has 0 aromatic rings. The Morgan fingerprint density at radius 1 is 1.14 bits per heavy atom. The quantitative estimate of drug-likeness (QED) is 0.795. The molecule has 0 unspecified atom stereocenters. The predicted octanol–water partition coefficient (Wildman–Crippen LogP) is 4.02. The molecule has 2 nitrogen and oxygen atoms in total. The van der Waals surface area contributed by atoms with Crippen LogP contribution < -0.4 is 0 Å². The molecule has 0 aromatic heterocycles. The molecular weight excluding hydrogens is 302 g/mol. The van der Waals surface area contributed by atoms with Crippen LogP contribution in [0.15, 0.2) is 0 Å². The van der Waals surface area contributed by atoms with E-state index in [1.807, 2.05) is 0 Å². The highest BCUT2D eigenvalue weighted by Gasteiger charge is 2.57. The van der Waals surface area contributed by atoms with E-state index in [0.717, 1.165) is 0 Å². The van der Waals surface area contributed by atoms with Gasteiger partial charge in [0.25, 0.3) is 0 Å². The molecule has 0 heterocycles. The highest BCUT2D eigenvalue weighted by atomic mass is 19.4. The van der Waals surface area contributed by atoms with E-state index in [1.54, 1.807) is 0 Å². The van der Waals surface area contributed by atoms with Gasteiger partial charge in [-0.2, -0.15) is 26.3 Å². The fourth-order valence-corrected chi connectivity index (χ4v) is 2.87. The molecule has 1 fully saturated rings. The lowest BCUT2D eigenvalue weighted by Gasteiger charge is -2.38. The zero-order valence-electron chi connectivity index (χ0n) is 11.5. The molecule has 1 rings (SSSR count). The van der Waals surface area contributed by atoms with Gasteiger partial charge in [0, 0.05) is 5.41 Å². The van der Waals surface area contributed by atoms with Crippen LogP contribution in [0.1, 0.15) is 45.4 Å². The zero-order chi connectivity index (χ0) is 16.5. The van der Waals surface area contributed by atoms with Gasteiger partial charge in [-0.15, -0.1) is 0 Å². The van der Waals surface area contributed by atoms with Crippen LogP contribution in [0.25, 0.3) is 0 Å². The summed E-state index contributed by atoms with van der Waals surface area (Å²) in [6.07, 6.45) is -12.3. The van der Waals surface area contributed by atoms with Gasteiger partial charge in [0.1, 0.15) is 5.78 Å². The standard InChI is InChI=1S/C13H18F6O2/c1-8(20)11(5-2-9(21)3-6-11)7-4-10(12(14,15)16)13(17,18)19/h9-10,21H,2-7H2,1H3. The van der Waals surface area contributed by atoms with E-state index in [2.05, 4.69) is 0 Å². The van der Waals surface area contributed by atoms with Gasteiger partial charge in [-0.3, -0.25) is 4.79 Å². The van der Waals surface area contributed by atoms with Crippen LogP contribution >= 0.6 is 0 Å². The highest BCUT2D eigenvalue weighted by molar-refractivity contribution is 5.82. The largest absolute Gasteiger partial charge is 0.400 e. The molecule has 0 spiro atoms. The molecule has 0 amide bonds. The first kappa shape index (κ1) is 18.3. The van der Waals surface area contributed by atoms with Gasteiger partial charge in [0.05, 0.1) is 6.10 Å². The first-order chi connectivity index (χ1) is 9.38. The van der Waals surface area contributed by atoms with Crippen molar-refractivity contribution in [2.24, 2.45) is 11.3 Å². The first-order valence-corrected chi connectivity index (χ1v) is 6.71. The molecule has 1 aliphatic rings. The Bertz CT molecular complexity index is 352. The Labute approximate surface area is 118 Å². The number of rotatable bonds is 4. The van der Waals surface area contributed by atoms with Gasteiger partial charge in [-0.1, -0.05) is 0 Å². The molecule has 21 heavy (non-hydrogen) atoms. The SMILES string of the molecule is CC(=O)C1(CCC(C(F)(F)F)C(F)(F)F)CCC(O)CC1. The average molecular weight is 320 g/mol. The van der Waals surface area contributed by atoms with E-state index in [9.17, 15) is 36.2 Å². The van der Waals surface area contributed by atoms with Crippen LogP contribution in [0, 0.1) is 11.3 Å². The lowest BCUT2D eigenvalue weighted by molar-refractivity contribution is -0.287. The molecule has 1 saturated carbocycles. The fraction of sp³-hybridized carbons (Fsp3) is 0.923. The summed E-state index contributed by atoms with van der Waals surface area (Å²) in [5, 5.41) is 9.39. The Kier molecular flexibility index (Phi) is 5.34. The first-order valence-electron chi connectivity index (χ1n) is 6.71. The van der Waals surface area contributed by atoms with Crippen molar-refractivity contribution in [1.82, 2.24) is 0 Å². The second kappa shape index (κ2) is 6.14. The molecule has 0 aliphatic heterocycles. The number of carbonyl (C=O) groups excluding carboxylic acids is 1. The van der Waals surface area contributed by atoms with Crippen molar-refractivity contribution >= 4 is 5.78 Å². The number of aliphatic hydroxyl groups excluding tert-OH is 1. The van der Waals surface area contributed by atoms with Crippen LogP contribution in [0.3, 0.4) is 0 Å². The number of ketones is 1. The van der Waals surface area contributed by atoms with E-state index in [4.69, 9.17) is 0 Å². The minimum absolute atomic E-state index is 0.131. The third-order valence-electron chi connectivity index (χ3n) is 4.36. The van der Waals surface area contributed by atoms with E-state index < -0.39 is 48.4 Å². The molecule has 0 saturated heterocycles. The third-order valence-corrected chi connectivity index (χ3v) is 4.36. The minimum atomic E-state index is -5.37. The molecule has 0 atom stereocenters. The minimum Gasteiger partial charge on any atom is -0.393 e. The second-order valence-corrected chi connectivity index (χ2v) is 5.74. The van der Waals surface area contributed by atoms with Crippen LogP contribution in [-0.4, -0.2) is 29.3 Å². The molecule has 1 N–H and O–H groups in total. The van der Waals surface area contributed by atoms with E-state index in [-0.39, 0.29) is 25.7 Å². The molecule has 0 bridgehead atoms. The summed E-state index contributed by atoms with van der Waals surface area (Å²) in [6.45, 7) is 1.19. The molecular formula is C13H18F6O2. The Morgan fingerprint density at radius 3 is 1.90 bits per heavy atom. The number of halogens is 6. The monoisotopic (exact) mass is 320 g/mol. The van der Waals surface area contributed by atoms with Crippen molar-refractivity contribution in [3.8, 4) is 0 Å². The van der Waals surface area contributed by atoms with Gasteiger partial charge >= 0.3 is 12.4 Å². The summed E-state index contributed by atoms with van der Waals surface area (Å²) >= 11 is 0. The maximum Gasteiger partial charge on any atom is 0.400 e. The lowest BCUT2D eigenvalue weighted by Crippen LogP contribution is -2.40. The van der Waals surface area contributed by atoms with E-state index in [0.29, 0.717) is 0 Å². The van der Waals surface area contributed by atoms with Crippen molar-refractivity contribution in [1.29, 1.82) is 0 Å². The Hall–Kier alpha value is -0.790. The Morgan fingerprint density at radius 2 is 1.57 bits per heavy atom. The van der Waals surface area contributed by atoms with Crippen LogP contribution in [0.4, 0.5) is 26.3 Å². The van der Waals surface area contributed by atoms with Gasteiger partial charge in [-0.05, 0) is 45.4 Å². The van der Waals surface area contributed by atoms with Crippen LogP contribution in [0.5, 0.6) is 0 Å². The summed E-state index contributed by atoms with van der Waals surface area (Å²) < 4.78 is 75.1. The molecule has 8 heteroatoms. The lowest BCUT2D eigenvalue weighted by atomic mass is 9.67. The molecule has 1 aliphatic carbocycles. The maximum atomic E-state index is 12.5. The third kappa shape index (κ3) is 4.59. The predicted molar refractivity (Wildman–Crippen MR) is 62.4 cm³/mol. The second-order valence-electron chi connectivity index (χ2n) is 5.74. The van der Waals surface area contributed by atoms with Crippen LogP contribution in [-0.2, 0) is 4.79 Å². The van der Waals surface area contributed by atoms with Gasteiger partial charge in [-0.25, -0.2) is 0 Å². The normalized spacial score (nSPS) is 28.0. The topological polar surface area (TPSA) is 37.3 Å². The van der Waals surface area contributed by atoms with Crippen LogP contribution in [0.2, 0.25) is 0 Å². The Balaban J connectivity index is 2.83. The molecule has 0 aromatic carbocycles. The van der Waals surface area contributed by atoms with Crippen molar-refractivity contribution in [2.45, 2.75) is 63.9 Å². The summed E-state index contributed by atoms with van der Waals surface area (Å²) in [4.78, 5) is 11.7.